The van der Waals surface area contributed by atoms with Gasteiger partial charge in [0.1, 0.15) is 0 Å². The molecule has 0 aliphatic carbocycles. The molecule has 7 heteroatoms. The topological polar surface area (TPSA) is 0 Å². The second-order valence-corrected chi connectivity index (χ2v) is 4.81. The van der Waals surface area contributed by atoms with Crippen molar-refractivity contribution >= 4 is 82.3 Å². The van der Waals surface area contributed by atoms with Gasteiger partial charge in [-0.15, -0.1) is 0 Å². The van der Waals surface area contributed by atoms with Crippen LogP contribution in [-0.4, -0.2) is 4.99 Å². The zero-order valence-corrected chi connectivity index (χ0v) is 15.2. The highest BCUT2D eigenvalue weighted by Gasteiger charge is 1.94. The maximum Gasteiger partial charge on any atom is 0.0289 e. The number of halogens is 3. The van der Waals surface area contributed by atoms with Crippen LogP contribution in [0, 0.1) is 0 Å². The minimum atomic E-state index is 0.588. The van der Waals surface area contributed by atoms with E-state index in [9.17, 15) is 0 Å². The molecule has 0 fully saturated rings. The maximum absolute atomic E-state index is 4.28. The lowest BCUT2D eigenvalue weighted by molar-refractivity contribution is 0.873. The lowest BCUT2D eigenvalue weighted by atomic mass is 10.4. The Balaban J connectivity index is -0.000000138. The van der Waals surface area contributed by atoms with Gasteiger partial charge >= 0.3 is 0 Å². The lowest BCUT2D eigenvalue weighted by Crippen LogP contribution is -1.82. The average Bonchev–Trinajstić information content (AvgIpc) is 2.12. The summed E-state index contributed by atoms with van der Waals surface area (Å²) in [6, 6.07) is 0. The molecule has 0 saturated heterocycles. The lowest BCUT2D eigenvalue weighted by Gasteiger charge is -2.00. The van der Waals surface area contributed by atoms with E-state index < -0.39 is 0 Å². The van der Waals surface area contributed by atoms with Gasteiger partial charge in [0.2, 0.25) is 0 Å². The highest BCUT2D eigenvalue weighted by Crippen LogP contribution is 2.32. The largest absolute Gasteiger partial charge is 0.171 e. The SMILES string of the molecule is CCCC(S)PBr.PBr.PBr. The molecule has 0 aromatic rings. The van der Waals surface area contributed by atoms with Crippen LogP contribution in [0.25, 0.3) is 0 Å². The predicted octanol–water partition coefficient (Wildman–Crippen LogP) is 5.37. The average molecular weight is 427 g/mol. The quantitative estimate of drug-likeness (QED) is 0.455. The molecule has 0 aromatic carbocycles. The Kier molecular flexibility index (Phi) is 41.3. The normalized spacial score (nSPS) is 11.2. The first-order valence-corrected chi connectivity index (χ1v) is 13.0. The smallest absolute Gasteiger partial charge is 0.0289 e. The van der Waals surface area contributed by atoms with E-state index >= 15 is 0 Å². The van der Waals surface area contributed by atoms with Gasteiger partial charge < -0.3 is 0 Å². The van der Waals surface area contributed by atoms with Gasteiger partial charge in [0, 0.05) is 4.99 Å². The van der Waals surface area contributed by atoms with Gasteiger partial charge in [-0.05, 0) is 13.7 Å². The summed E-state index contributed by atoms with van der Waals surface area (Å²) in [5.74, 6) is 0. The summed E-state index contributed by atoms with van der Waals surface area (Å²) in [6.45, 7) is 2.18. The van der Waals surface area contributed by atoms with E-state index in [0.29, 0.717) is 4.99 Å². The third-order valence-corrected chi connectivity index (χ3v) is 4.59. The molecule has 0 bridgehead atoms. The molecule has 0 spiro atoms. The Hall–Kier alpha value is 3.08. The Morgan fingerprint density at radius 2 is 1.73 bits per heavy atom. The fourth-order valence-corrected chi connectivity index (χ4v) is 1.67. The highest BCUT2D eigenvalue weighted by atomic mass is 79.9. The Labute approximate surface area is 106 Å². The summed E-state index contributed by atoms with van der Waals surface area (Å²) < 4.78 is 0. The summed E-state index contributed by atoms with van der Waals surface area (Å²) in [5, 5.41) is 0. The van der Waals surface area contributed by atoms with Crippen LogP contribution in [0.5, 0.6) is 0 Å². The fraction of sp³-hybridized carbons (Fsp3) is 1.00. The van der Waals surface area contributed by atoms with Crippen molar-refractivity contribution in [1.82, 2.24) is 0 Å². The van der Waals surface area contributed by atoms with E-state index in [2.05, 4.69) is 81.9 Å². The Morgan fingerprint density at radius 1 is 1.36 bits per heavy atom. The molecule has 11 heavy (non-hydrogen) atoms. The van der Waals surface area contributed by atoms with E-state index in [1.807, 2.05) is 0 Å². The van der Waals surface area contributed by atoms with Gasteiger partial charge in [0.25, 0.3) is 0 Å². The maximum atomic E-state index is 4.28. The number of rotatable bonds is 3. The van der Waals surface area contributed by atoms with E-state index in [0.717, 1.165) is 7.28 Å². The molecular weight excluding hydrogens is 413 g/mol. The van der Waals surface area contributed by atoms with Crippen LogP contribution in [0.3, 0.4) is 0 Å². The van der Waals surface area contributed by atoms with Gasteiger partial charge in [0.05, 0.1) is 0 Å². The van der Waals surface area contributed by atoms with E-state index in [4.69, 9.17) is 0 Å². The molecule has 0 aromatic heterocycles. The predicted molar refractivity (Wildman–Crippen MR) is 82.2 cm³/mol. The first-order chi connectivity index (χ1) is 5.31. The van der Waals surface area contributed by atoms with Crippen molar-refractivity contribution < 1.29 is 0 Å². The van der Waals surface area contributed by atoms with Crippen LogP contribution in [0.2, 0.25) is 0 Å². The molecule has 0 amide bonds. The standard InChI is InChI=1S/C4H10BrPS.2BrH2P/c1-2-3-4(7)6-5;2*1-2/h4,6-7H,2-3H2,1H3;2*2H2. The summed E-state index contributed by atoms with van der Waals surface area (Å²) >= 11 is 13.4. The summed E-state index contributed by atoms with van der Waals surface area (Å²) in [6.07, 6.45) is 2.47. The van der Waals surface area contributed by atoms with Gasteiger partial charge in [0.15, 0.2) is 0 Å². The summed E-state index contributed by atoms with van der Waals surface area (Å²) in [7, 11) is 5.27. The first kappa shape index (κ1) is 19.6. The molecule has 0 aliphatic rings. The van der Waals surface area contributed by atoms with Crippen LogP contribution in [0.4, 0.5) is 0 Å². The van der Waals surface area contributed by atoms with Crippen LogP contribution >= 0.6 is 82.3 Å². The van der Waals surface area contributed by atoms with Crippen LogP contribution < -0.4 is 0 Å². The molecule has 72 valence electrons. The van der Waals surface area contributed by atoms with Gasteiger partial charge in [-0.3, -0.25) is 0 Å². The first-order valence-electron chi connectivity index (χ1n) is 2.79. The van der Waals surface area contributed by atoms with Gasteiger partial charge in [-0.2, -0.15) is 12.6 Å². The van der Waals surface area contributed by atoms with Crippen LogP contribution in [0.1, 0.15) is 19.8 Å². The molecule has 0 N–H and O–H groups in total. The van der Waals surface area contributed by atoms with Crippen molar-refractivity contribution in [1.29, 1.82) is 0 Å². The number of hydrogen-bond acceptors (Lipinski definition) is 1. The molecule has 0 saturated carbocycles. The third kappa shape index (κ3) is 24.6. The second-order valence-electron chi connectivity index (χ2n) is 1.41. The second kappa shape index (κ2) is 23.2. The number of thiol groups is 1. The number of hydrogen-bond donors (Lipinski definition) is 1. The monoisotopic (exact) mass is 424 g/mol. The van der Waals surface area contributed by atoms with E-state index in [1.165, 1.54) is 12.8 Å². The third-order valence-electron chi connectivity index (χ3n) is 0.688. The van der Waals surface area contributed by atoms with Gasteiger partial charge in [-0.25, -0.2) is 0 Å². The molecule has 0 radical (unpaired) electrons. The minimum Gasteiger partial charge on any atom is -0.171 e. The fourth-order valence-electron chi connectivity index (χ4n) is 0.328. The van der Waals surface area contributed by atoms with Crippen LogP contribution in [-0.2, 0) is 0 Å². The van der Waals surface area contributed by atoms with E-state index in [-0.39, 0.29) is 0 Å². The Morgan fingerprint density at radius 3 is 1.82 bits per heavy atom. The molecule has 0 heterocycles. The van der Waals surface area contributed by atoms with E-state index in [1.54, 1.807) is 0 Å². The van der Waals surface area contributed by atoms with Crippen molar-refractivity contribution in [2.24, 2.45) is 0 Å². The van der Waals surface area contributed by atoms with Gasteiger partial charge in [-0.1, -0.05) is 75.7 Å². The Bertz CT molecular complexity index is 51.6. The zero-order valence-electron chi connectivity index (χ0n) is 6.23. The van der Waals surface area contributed by atoms with Crippen molar-refractivity contribution in [2.45, 2.75) is 24.8 Å². The highest BCUT2D eigenvalue weighted by molar-refractivity contribution is 9.37. The molecule has 0 aliphatic heterocycles. The summed E-state index contributed by atoms with van der Waals surface area (Å²) in [5.41, 5.74) is 0. The van der Waals surface area contributed by atoms with Crippen molar-refractivity contribution in [2.75, 3.05) is 0 Å². The molecule has 4 atom stereocenters. The summed E-state index contributed by atoms with van der Waals surface area (Å²) in [4.78, 5) is 0.588. The van der Waals surface area contributed by atoms with Crippen LogP contribution in [0.15, 0.2) is 0 Å². The van der Waals surface area contributed by atoms with Crippen molar-refractivity contribution in [3.8, 4) is 0 Å². The molecule has 4 unspecified atom stereocenters. The molecular formula is C4H14Br3P3S. The minimum absolute atomic E-state index is 0.588. The zero-order chi connectivity index (χ0) is 9.70. The van der Waals surface area contributed by atoms with Crippen molar-refractivity contribution in [3.63, 3.8) is 0 Å². The molecule has 0 rings (SSSR count). The van der Waals surface area contributed by atoms with Crippen molar-refractivity contribution in [3.05, 3.63) is 0 Å². The molecule has 0 nitrogen and oxygen atoms in total.